The van der Waals surface area contributed by atoms with Gasteiger partial charge < -0.3 is 18.8 Å². The van der Waals surface area contributed by atoms with E-state index in [1.165, 1.54) is 4.57 Å². The molecule has 0 bridgehead atoms. The highest BCUT2D eigenvalue weighted by atomic mass is 35.5. The first-order valence-corrected chi connectivity index (χ1v) is 10.2. The average Bonchev–Trinajstić information content (AvgIpc) is 3.21. The summed E-state index contributed by atoms with van der Waals surface area (Å²) in [6, 6.07) is 4.96. The van der Waals surface area contributed by atoms with E-state index >= 15 is 0 Å². The number of amides is 1. The van der Waals surface area contributed by atoms with Crippen molar-refractivity contribution in [1.82, 2.24) is 9.47 Å². The van der Waals surface area contributed by atoms with Crippen LogP contribution in [-0.2, 0) is 20.8 Å². The van der Waals surface area contributed by atoms with Gasteiger partial charge in [-0.05, 0) is 44.7 Å². The molecule has 1 unspecified atom stereocenters. The zero-order valence-corrected chi connectivity index (χ0v) is 16.7. The number of piperidine rings is 1. The monoisotopic (exact) mass is 408 g/mol. The number of carbonyl (C=O) groups is 1. The number of fused-ring (bicyclic) bond motifs is 1. The molecule has 0 aliphatic carbocycles. The summed E-state index contributed by atoms with van der Waals surface area (Å²) in [5, 5.41) is 0.486. The van der Waals surface area contributed by atoms with Crippen molar-refractivity contribution >= 4 is 28.6 Å². The van der Waals surface area contributed by atoms with E-state index in [0.29, 0.717) is 42.4 Å². The second kappa shape index (κ2) is 7.89. The molecule has 2 saturated heterocycles. The standard InChI is InChI=1S/C20H25ClN2O5/c1-2-26-13-15-5-6-20(28-15)7-9-22(10-8-20)18(24)12-23-16-4-3-14(21)11-17(16)27-19(23)25/h3-4,11,15H,2,5-10,12-13H2,1H3. The summed E-state index contributed by atoms with van der Waals surface area (Å²) < 4.78 is 18.3. The third-order valence-electron chi connectivity index (χ3n) is 5.80. The van der Waals surface area contributed by atoms with Crippen LogP contribution in [0.25, 0.3) is 11.1 Å². The molecule has 1 aromatic carbocycles. The highest BCUT2D eigenvalue weighted by molar-refractivity contribution is 6.31. The number of halogens is 1. The third kappa shape index (κ3) is 3.83. The molecule has 0 saturated carbocycles. The van der Waals surface area contributed by atoms with Crippen LogP contribution in [0.1, 0.15) is 32.6 Å². The van der Waals surface area contributed by atoms with Crippen LogP contribution >= 0.6 is 11.6 Å². The molecule has 1 amide bonds. The van der Waals surface area contributed by atoms with E-state index in [0.717, 1.165) is 25.7 Å². The number of rotatable bonds is 5. The van der Waals surface area contributed by atoms with Gasteiger partial charge >= 0.3 is 5.76 Å². The van der Waals surface area contributed by atoms with Gasteiger partial charge in [-0.3, -0.25) is 9.36 Å². The summed E-state index contributed by atoms with van der Waals surface area (Å²) in [5.41, 5.74) is 0.839. The summed E-state index contributed by atoms with van der Waals surface area (Å²) in [5.74, 6) is -0.629. The number of hydrogen-bond donors (Lipinski definition) is 0. The van der Waals surface area contributed by atoms with Crippen molar-refractivity contribution in [3.8, 4) is 0 Å². The number of ether oxygens (including phenoxy) is 2. The maximum absolute atomic E-state index is 12.8. The molecule has 1 spiro atoms. The molecular formula is C20H25ClN2O5. The number of aromatic nitrogens is 1. The van der Waals surface area contributed by atoms with Crippen LogP contribution in [-0.4, -0.2) is 53.4 Å². The van der Waals surface area contributed by atoms with E-state index in [1.54, 1.807) is 18.2 Å². The van der Waals surface area contributed by atoms with Crippen molar-refractivity contribution in [2.75, 3.05) is 26.3 Å². The summed E-state index contributed by atoms with van der Waals surface area (Å²) in [4.78, 5) is 26.7. The number of carbonyl (C=O) groups excluding carboxylic acids is 1. The highest BCUT2D eigenvalue weighted by Gasteiger charge is 2.43. The number of hydrogen-bond acceptors (Lipinski definition) is 5. The smallest absolute Gasteiger partial charge is 0.408 e. The minimum atomic E-state index is -0.544. The molecule has 2 aromatic rings. The zero-order chi connectivity index (χ0) is 19.7. The van der Waals surface area contributed by atoms with Gasteiger partial charge in [-0.15, -0.1) is 0 Å². The minimum Gasteiger partial charge on any atom is -0.408 e. The topological polar surface area (TPSA) is 73.9 Å². The molecule has 152 valence electrons. The fourth-order valence-electron chi connectivity index (χ4n) is 4.22. The predicted molar refractivity (Wildman–Crippen MR) is 105 cm³/mol. The second-order valence-electron chi connectivity index (χ2n) is 7.57. The summed E-state index contributed by atoms with van der Waals surface area (Å²) in [7, 11) is 0. The van der Waals surface area contributed by atoms with Gasteiger partial charge in [0.2, 0.25) is 5.91 Å². The maximum Gasteiger partial charge on any atom is 0.420 e. The summed E-state index contributed by atoms with van der Waals surface area (Å²) in [6.07, 6.45) is 3.81. The molecule has 3 heterocycles. The summed E-state index contributed by atoms with van der Waals surface area (Å²) in [6.45, 7) is 4.56. The van der Waals surface area contributed by atoms with Gasteiger partial charge in [-0.1, -0.05) is 11.6 Å². The Morgan fingerprint density at radius 2 is 2.11 bits per heavy atom. The quantitative estimate of drug-likeness (QED) is 0.760. The number of benzene rings is 1. The molecule has 8 heteroatoms. The number of likely N-dealkylation sites (tertiary alicyclic amines) is 1. The lowest BCUT2D eigenvalue weighted by Gasteiger charge is -2.39. The van der Waals surface area contributed by atoms with E-state index in [9.17, 15) is 9.59 Å². The Morgan fingerprint density at radius 3 is 2.86 bits per heavy atom. The fraction of sp³-hybridized carbons (Fsp3) is 0.600. The Labute approximate surface area is 168 Å². The first-order valence-electron chi connectivity index (χ1n) is 9.82. The van der Waals surface area contributed by atoms with Crippen molar-refractivity contribution in [3.63, 3.8) is 0 Å². The highest BCUT2D eigenvalue weighted by Crippen LogP contribution is 2.39. The molecule has 28 heavy (non-hydrogen) atoms. The molecule has 1 atom stereocenters. The fourth-order valence-corrected chi connectivity index (χ4v) is 4.38. The Morgan fingerprint density at radius 1 is 1.32 bits per heavy atom. The Kier molecular flexibility index (Phi) is 5.49. The molecule has 0 N–H and O–H groups in total. The molecule has 2 aliphatic rings. The number of oxazole rings is 1. The first kappa shape index (κ1) is 19.5. The normalized spacial score (nSPS) is 21.6. The molecule has 4 rings (SSSR count). The molecule has 2 fully saturated rings. The Hall–Kier alpha value is -1.83. The Bertz CT molecular complexity index is 913. The molecule has 0 radical (unpaired) electrons. The average molecular weight is 409 g/mol. The van der Waals surface area contributed by atoms with Crippen LogP contribution in [0.5, 0.6) is 0 Å². The molecule has 1 aromatic heterocycles. The molecule has 7 nitrogen and oxygen atoms in total. The van der Waals surface area contributed by atoms with Gasteiger partial charge in [0.15, 0.2) is 5.58 Å². The van der Waals surface area contributed by atoms with Gasteiger partial charge in [-0.2, -0.15) is 0 Å². The van der Waals surface area contributed by atoms with Crippen LogP contribution in [0.2, 0.25) is 5.02 Å². The lowest BCUT2D eigenvalue weighted by molar-refractivity contribution is -0.139. The molecular weight excluding hydrogens is 384 g/mol. The van der Waals surface area contributed by atoms with Crippen molar-refractivity contribution in [2.45, 2.75) is 50.9 Å². The van der Waals surface area contributed by atoms with Gasteiger partial charge in [0.1, 0.15) is 6.54 Å². The zero-order valence-electron chi connectivity index (χ0n) is 16.0. The van der Waals surface area contributed by atoms with Crippen LogP contribution in [0, 0.1) is 0 Å². The first-order chi connectivity index (χ1) is 13.5. The lowest BCUT2D eigenvalue weighted by atomic mass is 9.88. The van der Waals surface area contributed by atoms with Gasteiger partial charge in [0.05, 0.1) is 23.8 Å². The van der Waals surface area contributed by atoms with E-state index < -0.39 is 5.76 Å². The minimum absolute atomic E-state index is 0.0334. The van der Waals surface area contributed by atoms with Crippen molar-refractivity contribution < 1.29 is 18.7 Å². The second-order valence-corrected chi connectivity index (χ2v) is 8.00. The van der Waals surface area contributed by atoms with Gasteiger partial charge in [0.25, 0.3) is 0 Å². The Balaban J connectivity index is 1.38. The van der Waals surface area contributed by atoms with E-state index in [1.807, 2.05) is 11.8 Å². The van der Waals surface area contributed by atoms with Crippen LogP contribution < -0.4 is 5.76 Å². The third-order valence-corrected chi connectivity index (χ3v) is 6.03. The van der Waals surface area contributed by atoms with Crippen molar-refractivity contribution in [2.24, 2.45) is 0 Å². The van der Waals surface area contributed by atoms with E-state index in [4.69, 9.17) is 25.5 Å². The van der Waals surface area contributed by atoms with Crippen LogP contribution in [0.15, 0.2) is 27.4 Å². The van der Waals surface area contributed by atoms with Crippen molar-refractivity contribution in [3.05, 3.63) is 33.8 Å². The largest absolute Gasteiger partial charge is 0.420 e. The van der Waals surface area contributed by atoms with E-state index in [2.05, 4.69) is 0 Å². The van der Waals surface area contributed by atoms with Crippen LogP contribution in [0.3, 0.4) is 0 Å². The summed E-state index contributed by atoms with van der Waals surface area (Å²) >= 11 is 5.94. The van der Waals surface area contributed by atoms with Gasteiger partial charge in [0, 0.05) is 30.8 Å². The lowest BCUT2D eigenvalue weighted by Crippen LogP contribution is -2.48. The maximum atomic E-state index is 12.8. The van der Waals surface area contributed by atoms with Gasteiger partial charge in [-0.25, -0.2) is 4.79 Å². The van der Waals surface area contributed by atoms with Crippen LogP contribution in [0.4, 0.5) is 0 Å². The number of nitrogens with zero attached hydrogens (tertiary/aromatic N) is 2. The molecule has 2 aliphatic heterocycles. The predicted octanol–water partition coefficient (Wildman–Crippen LogP) is 2.82. The van der Waals surface area contributed by atoms with Crippen molar-refractivity contribution in [1.29, 1.82) is 0 Å². The SMILES string of the molecule is CCOCC1CCC2(CCN(C(=O)Cn3c(=O)oc4cc(Cl)ccc43)CC2)O1. The van der Waals surface area contributed by atoms with E-state index in [-0.39, 0.29) is 24.2 Å².